The smallest absolute Gasteiger partial charge is 0.315 e. The molecule has 1 saturated heterocycles. The van der Waals surface area contributed by atoms with Gasteiger partial charge in [0, 0.05) is 38.2 Å². The van der Waals surface area contributed by atoms with Gasteiger partial charge < -0.3 is 21.3 Å². The Kier molecular flexibility index (Phi) is 11.8. The molecular formula is C32H48N6O3S. The molecule has 9 nitrogen and oxygen atoms in total. The normalized spacial score (nSPS) is 17.6. The van der Waals surface area contributed by atoms with Crippen molar-refractivity contribution in [3.8, 4) is 0 Å². The van der Waals surface area contributed by atoms with E-state index in [2.05, 4.69) is 58.7 Å². The molecular weight excluding hydrogens is 548 g/mol. The molecule has 0 radical (unpaired) electrons. The van der Waals surface area contributed by atoms with E-state index in [-0.39, 0.29) is 24.3 Å². The molecule has 2 atom stereocenters. The Hall–Kier alpha value is -2.98. The lowest BCUT2D eigenvalue weighted by Gasteiger charge is -2.29. The summed E-state index contributed by atoms with van der Waals surface area (Å²) in [6.45, 7) is 11.2. The summed E-state index contributed by atoms with van der Waals surface area (Å²) in [6.07, 6.45) is 9.29. The van der Waals surface area contributed by atoms with Crippen LogP contribution in [0, 0.1) is 5.92 Å². The molecule has 4 N–H and O–H groups in total. The van der Waals surface area contributed by atoms with Gasteiger partial charge in [0.1, 0.15) is 6.04 Å². The summed E-state index contributed by atoms with van der Waals surface area (Å²) < 4.78 is 1.07. The number of nitrogens with one attached hydrogen (secondary N) is 4. The van der Waals surface area contributed by atoms with Crippen LogP contribution >= 0.6 is 11.3 Å². The predicted octanol–water partition coefficient (Wildman–Crippen LogP) is 4.48. The van der Waals surface area contributed by atoms with E-state index in [4.69, 9.17) is 4.98 Å². The summed E-state index contributed by atoms with van der Waals surface area (Å²) >= 11 is 1.55. The number of amides is 4. The van der Waals surface area contributed by atoms with Crippen LogP contribution in [-0.2, 0) is 16.0 Å². The van der Waals surface area contributed by atoms with Crippen molar-refractivity contribution in [2.75, 3.05) is 33.2 Å². The number of hydrogen-bond acceptors (Lipinski definition) is 6. The number of thiazole rings is 1. The molecule has 10 heteroatoms. The maximum atomic E-state index is 13.7. The average molecular weight is 597 g/mol. The first kappa shape index (κ1) is 31.9. The fourth-order valence-corrected chi connectivity index (χ4v) is 7.05. The Morgan fingerprint density at radius 2 is 1.81 bits per heavy atom. The molecule has 1 aliphatic carbocycles. The first-order valence-corrected chi connectivity index (χ1v) is 16.4. The number of fused-ring (bicyclic) bond motifs is 1. The number of carbonyl (C=O) groups excluding carboxylic acids is 3. The Bertz CT molecular complexity index is 1230. The van der Waals surface area contributed by atoms with E-state index < -0.39 is 12.1 Å². The second kappa shape index (κ2) is 15.5. The highest BCUT2D eigenvalue weighted by atomic mass is 32.1. The van der Waals surface area contributed by atoms with E-state index in [1.54, 1.807) is 11.3 Å². The van der Waals surface area contributed by atoms with Gasteiger partial charge in [-0.2, -0.15) is 0 Å². The highest BCUT2D eigenvalue weighted by molar-refractivity contribution is 7.18. The highest BCUT2D eigenvalue weighted by Crippen LogP contribution is 2.28. The third kappa shape index (κ3) is 9.26. The van der Waals surface area contributed by atoms with Gasteiger partial charge in [-0.05, 0) is 61.9 Å². The second-order valence-corrected chi connectivity index (χ2v) is 13.3. The first-order valence-electron chi connectivity index (χ1n) is 15.6. The van der Waals surface area contributed by atoms with Crippen molar-refractivity contribution in [2.45, 2.75) is 89.6 Å². The van der Waals surface area contributed by atoms with E-state index in [0.717, 1.165) is 60.4 Å². The number of benzene rings is 1. The van der Waals surface area contributed by atoms with Crippen molar-refractivity contribution in [2.24, 2.45) is 5.92 Å². The van der Waals surface area contributed by atoms with Gasteiger partial charge in [-0.25, -0.2) is 9.78 Å². The van der Waals surface area contributed by atoms with Gasteiger partial charge in [-0.1, -0.05) is 58.6 Å². The monoisotopic (exact) mass is 596 g/mol. The summed E-state index contributed by atoms with van der Waals surface area (Å²) in [6, 6.07) is 4.79. The van der Waals surface area contributed by atoms with Crippen LogP contribution in [0.2, 0.25) is 0 Å². The summed E-state index contributed by atoms with van der Waals surface area (Å²) in [4.78, 5) is 46.0. The van der Waals surface area contributed by atoms with E-state index >= 15 is 0 Å². The fourth-order valence-electron chi connectivity index (χ4n) is 5.99. The van der Waals surface area contributed by atoms with Crippen molar-refractivity contribution >= 4 is 39.4 Å². The Morgan fingerprint density at radius 1 is 1.07 bits per heavy atom. The SMILES string of the molecule is C=C(CN1CCCC1)C(=O)NC[C@H](CC1CCCCC1)NC(=O)[C@H](Cc1nc2ccc(C(C)C)cc2s1)NC(=O)NC. The number of likely N-dealkylation sites (tertiary alicyclic amines) is 1. The van der Waals surface area contributed by atoms with Crippen LogP contribution in [0.5, 0.6) is 0 Å². The number of urea groups is 1. The summed E-state index contributed by atoms with van der Waals surface area (Å²) in [5.74, 6) is 0.470. The molecule has 2 aromatic rings. The van der Waals surface area contributed by atoms with Gasteiger partial charge in [0.05, 0.1) is 15.2 Å². The van der Waals surface area contributed by atoms with Crippen LogP contribution < -0.4 is 21.3 Å². The van der Waals surface area contributed by atoms with Crippen LogP contribution in [0.4, 0.5) is 4.79 Å². The minimum atomic E-state index is -0.801. The van der Waals surface area contributed by atoms with Gasteiger partial charge in [-0.3, -0.25) is 14.5 Å². The molecule has 2 fully saturated rings. The molecule has 4 amide bonds. The van der Waals surface area contributed by atoms with Crippen molar-refractivity contribution < 1.29 is 14.4 Å². The average Bonchev–Trinajstić information content (AvgIpc) is 3.64. The molecule has 2 aliphatic rings. The molecule has 42 heavy (non-hydrogen) atoms. The van der Waals surface area contributed by atoms with Gasteiger partial charge in [0.2, 0.25) is 11.8 Å². The van der Waals surface area contributed by atoms with E-state index in [9.17, 15) is 14.4 Å². The molecule has 0 spiro atoms. The Morgan fingerprint density at radius 3 is 2.50 bits per heavy atom. The van der Waals surface area contributed by atoms with Gasteiger partial charge in [0.15, 0.2) is 0 Å². The molecule has 4 rings (SSSR count). The zero-order valence-electron chi connectivity index (χ0n) is 25.5. The third-order valence-electron chi connectivity index (χ3n) is 8.48. The number of aromatic nitrogens is 1. The lowest BCUT2D eigenvalue weighted by atomic mass is 9.84. The van der Waals surface area contributed by atoms with Crippen molar-refractivity contribution in [1.29, 1.82) is 0 Å². The molecule has 1 aliphatic heterocycles. The largest absolute Gasteiger partial charge is 0.350 e. The zero-order valence-corrected chi connectivity index (χ0v) is 26.3. The molecule has 1 aromatic carbocycles. The Labute approximate surface area is 254 Å². The minimum absolute atomic E-state index is 0.167. The lowest BCUT2D eigenvalue weighted by molar-refractivity contribution is -0.124. The molecule has 1 saturated carbocycles. The van der Waals surface area contributed by atoms with Gasteiger partial charge in [-0.15, -0.1) is 11.3 Å². The predicted molar refractivity (Wildman–Crippen MR) is 170 cm³/mol. The summed E-state index contributed by atoms with van der Waals surface area (Å²) in [7, 11) is 1.53. The van der Waals surface area contributed by atoms with Crippen LogP contribution in [-0.4, -0.2) is 73.0 Å². The molecule has 1 aromatic heterocycles. The maximum absolute atomic E-state index is 13.7. The van der Waals surface area contributed by atoms with Crippen LogP contribution in [0.3, 0.4) is 0 Å². The van der Waals surface area contributed by atoms with Crippen molar-refractivity contribution in [1.82, 2.24) is 31.2 Å². The Balaban J connectivity index is 1.44. The lowest BCUT2D eigenvalue weighted by Crippen LogP contribution is -2.54. The topological polar surface area (TPSA) is 115 Å². The number of rotatable bonds is 13. The number of hydrogen-bond donors (Lipinski definition) is 4. The van der Waals surface area contributed by atoms with Crippen LogP contribution in [0.1, 0.15) is 81.7 Å². The van der Waals surface area contributed by atoms with Gasteiger partial charge >= 0.3 is 6.03 Å². The van der Waals surface area contributed by atoms with Crippen LogP contribution in [0.25, 0.3) is 10.2 Å². The molecule has 2 heterocycles. The first-order chi connectivity index (χ1) is 20.2. The van der Waals surface area contributed by atoms with E-state index in [1.807, 2.05) is 6.07 Å². The van der Waals surface area contributed by atoms with Crippen molar-refractivity contribution in [3.05, 3.63) is 40.9 Å². The zero-order chi connectivity index (χ0) is 30.1. The third-order valence-corrected chi connectivity index (χ3v) is 9.52. The van der Waals surface area contributed by atoms with Gasteiger partial charge in [0.25, 0.3) is 0 Å². The minimum Gasteiger partial charge on any atom is -0.350 e. The molecule has 0 unspecified atom stereocenters. The standard InChI is InChI=1S/C32H48N6O3S/c1-21(2)24-12-13-26-28(17-24)42-29(36-26)18-27(37-32(41)33-4)31(40)35-25(16-23-10-6-5-7-11-23)19-34-30(39)22(3)20-38-14-8-9-15-38/h12-13,17,21,23,25,27H,3,5-11,14-16,18-20H2,1-2,4H3,(H,34,39)(H,35,40)(H2,33,37,41)/t25-,27-/m0/s1. The quantitative estimate of drug-likeness (QED) is 0.255. The highest BCUT2D eigenvalue weighted by Gasteiger charge is 2.27. The van der Waals surface area contributed by atoms with E-state index in [1.165, 1.54) is 31.9 Å². The van der Waals surface area contributed by atoms with E-state index in [0.29, 0.717) is 30.5 Å². The maximum Gasteiger partial charge on any atom is 0.315 e. The number of carbonyl (C=O) groups is 3. The second-order valence-electron chi connectivity index (χ2n) is 12.2. The van der Waals surface area contributed by atoms with Crippen molar-refractivity contribution in [3.63, 3.8) is 0 Å². The fraction of sp³-hybridized carbons (Fsp3) is 0.625. The summed E-state index contributed by atoms with van der Waals surface area (Å²) in [5, 5.41) is 12.4. The van der Waals surface area contributed by atoms with Crippen LogP contribution in [0.15, 0.2) is 30.4 Å². The molecule has 0 bridgehead atoms. The number of nitrogens with zero attached hydrogens (tertiary/aromatic N) is 2. The summed E-state index contributed by atoms with van der Waals surface area (Å²) in [5.41, 5.74) is 2.69. The molecule has 230 valence electrons.